The molecule has 1 aromatic carbocycles. The van der Waals surface area contributed by atoms with Crippen LogP contribution in [0.4, 0.5) is 8.78 Å². The summed E-state index contributed by atoms with van der Waals surface area (Å²) in [5.74, 6) is -0.888. The van der Waals surface area contributed by atoms with Crippen molar-refractivity contribution in [3.63, 3.8) is 0 Å². The lowest BCUT2D eigenvalue weighted by Crippen LogP contribution is -2.39. The zero-order valence-electron chi connectivity index (χ0n) is 11.0. The van der Waals surface area contributed by atoms with Crippen LogP contribution in [0.1, 0.15) is 45.1 Å². The molecule has 18 heavy (non-hydrogen) atoms. The molecule has 0 unspecified atom stereocenters. The first-order valence-electron chi connectivity index (χ1n) is 6.46. The SMILES string of the molecule is CC1(C)CCC(O)(Cc2cc(F)ccc2F)CC1. The lowest BCUT2D eigenvalue weighted by molar-refractivity contribution is -0.0257. The molecule has 0 amide bonds. The Morgan fingerprint density at radius 2 is 1.72 bits per heavy atom. The molecule has 0 radical (unpaired) electrons. The molecule has 3 heteroatoms. The summed E-state index contributed by atoms with van der Waals surface area (Å²) < 4.78 is 26.7. The van der Waals surface area contributed by atoms with Crippen molar-refractivity contribution >= 4 is 0 Å². The monoisotopic (exact) mass is 254 g/mol. The predicted octanol–water partition coefficient (Wildman–Crippen LogP) is 3.84. The van der Waals surface area contributed by atoms with Gasteiger partial charge in [0.2, 0.25) is 0 Å². The Kier molecular flexibility index (Phi) is 3.45. The Bertz CT molecular complexity index is 430. The van der Waals surface area contributed by atoms with E-state index < -0.39 is 17.2 Å². The number of rotatable bonds is 2. The van der Waals surface area contributed by atoms with E-state index in [0.717, 1.165) is 25.0 Å². The van der Waals surface area contributed by atoms with Gasteiger partial charge in [0.1, 0.15) is 11.6 Å². The summed E-state index contributed by atoms with van der Waals surface area (Å²) in [5, 5.41) is 10.5. The fourth-order valence-electron chi connectivity index (χ4n) is 2.60. The highest BCUT2D eigenvalue weighted by atomic mass is 19.1. The molecule has 0 saturated heterocycles. The van der Waals surface area contributed by atoms with E-state index in [9.17, 15) is 13.9 Å². The number of hydrogen-bond donors (Lipinski definition) is 1. The first-order chi connectivity index (χ1) is 8.30. The van der Waals surface area contributed by atoms with Crippen LogP contribution in [0.3, 0.4) is 0 Å². The van der Waals surface area contributed by atoms with E-state index >= 15 is 0 Å². The van der Waals surface area contributed by atoms with Crippen molar-refractivity contribution in [3.8, 4) is 0 Å². The number of halogens is 2. The van der Waals surface area contributed by atoms with Crippen molar-refractivity contribution in [2.75, 3.05) is 0 Å². The van der Waals surface area contributed by atoms with E-state index in [-0.39, 0.29) is 17.4 Å². The van der Waals surface area contributed by atoms with Crippen LogP contribution in [-0.2, 0) is 6.42 Å². The van der Waals surface area contributed by atoms with Gasteiger partial charge in [0, 0.05) is 6.42 Å². The first kappa shape index (κ1) is 13.5. The van der Waals surface area contributed by atoms with Gasteiger partial charge < -0.3 is 5.11 Å². The third-order valence-corrected chi connectivity index (χ3v) is 4.06. The average molecular weight is 254 g/mol. The largest absolute Gasteiger partial charge is 0.390 e. The molecule has 2 rings (SSSR count). The fourth-order valence-corrected chi connectivity index (χ4v) is 2.60. The van der Waals surface area contributed by atoms with Gasteiger partial charge in [-0.1, -0.05) is 13.8 Å². The summed E-state index contributed by atoms with van der Waals surface area (Å²) in [6.45, 7) is 4.35. The summed E-state index contributed by atoms with van der Waals surface area (Å²) in [4.78, 5) is 0. The second kappa shape index (κ2) is 4.61. The second-order valence-electron chi connectivity index (χ2n) is 6.30. The molecule has 1 saturated carbocycles. The van der Waals surface area contributed by atoms with Gasteiger partial charge >= 0.3 is 0 Å². The van der Waals surface area contributed by atoms with Crippen molar-refractivity contribution in [1.82, 2.24) is 0 Å². The van der Waals surface area contributed by atoms with E-state index in [1.165, 1.54) is 6.07 Å². The van der Waals surface area contributed by atoms with E-state index in [1.54, 1.807) is 0 Å². The molecule has 0 atom stereocenters. The van der Waals surface area contributed by atoms with Gasteiger partial charge in [-0.25, -0.2) is 8.78 Å². The van der Waals surface area contributed by atoms with Crippen molar-refractivity contribution < 1.29 is 13.9 Å². The quantitative estimate of drug-likeness (QED) is 0.850. The van der Waals surface area contributed by atoms with Crippen LogP contribution < -0.4 is 0 Å². The van der Waals surface area contributed by atoms with E-state index in [1.807, 2.05) is 0 Å². The van der Waals surface area contributed by atoms with Gasteiger partial charge in [-0.3, -0.25) is 0 Å². The molecule has 1 nitrogen and oxygen atoms in total. The standard InChI is InChI=1S/C15H20F2O/c1-14(2)5-7-15(18,8-6-14)10-11-9-12(16)3-4-13(11)17/h3-4,9,18H,5-8,10H2,1-2H3. The van der Waals surface area contributed by atoms with Crippen LogP contribution in [0.25, 0.3) is 0 Å². The van der Waals surface area contributed by atoms with Crippen LogP contribution in [0.15, 0.2) is 18.2 Å². The summed E-state index contributed by atoms with van der Waals surface area (Å²) in [6, 6.07) is 3.42. The lowest BCUT2D eigenvalue weighted by Gasteiger charge is -2.40. The van der Waals surface area contributed by atoms with Gasteiger partial charge in [0.15, 0.2) is 0 Å². The first-order valence-corrected chi connectivity index (χ1v) is 6.46. The Morgan fingerprint density at radius 1 is 1.11 bits per heavy atom. The molecule has 0 bridgehead atoms. The van der Waals surface area contributed by atoms with Gasteiger partial charge in [0.25, 0.3) is 0 Å². The maximum absolute atomic E-state index is 13.6. The summed E-state index contributed by atoms with van der Waals surface area (Å²) in [7, 11) is 0. The maximum Gasteiger partial charge on any atom is 0.126 e. The highest BCUT2D eigenvalue weighted by Crippen LogP contribution is 2.41. The number of hydrogen-bond acceptors (Lipinski definition) is 1. The maximum atomic E-state index is 13.6. The average Bonchev–Trinajstić information content (AvgIpc) is 2.29. The molecule has 100 valence electrons. The van der Waals surface area contributed by atoms with Crippen LogP contribution in [0, 0.1) is 17.0 Å². The normalized spacial score (nSPS) is 21.8. The Balaban J connectivity index is 2.11. The highest BCUT2D eigenvalue weighted by Gasteiger charge is 2.37. The van der Waals surface area contributed by atoms with Crippen LogP contribution in [0.2, 0.25) is 0 Å². The molecular weight excluding hydrogens is 234 g/mol. The Labute approximate surface area is 107 Å². The topological polar surface area (TPSA) is 20.2 Å². The molecule has 1 aromatic rings. The van der Waals surface area contributed by atoms with E-state index in [4.69, 9.17) is 0 Å². The van der Waals surface area contributed by atoms with Gasteiger partial charge in [-0.2, -0.15) is 0 Å². The summed E-state index contributed by atoms with van der Waals surface area (Å²) in [6.07, 6.45) is 3.33. The second-order valence-corrected chi connectivity index (χ2v) is 6.30. The smallest absolute Gasteiger partial charge is 0.126 e. The molecular formula is C15H20F2O. The van der Waals surface area contributed by atoms with E-state index in [0.29, 0.717) is 12.8 Å². The van der Waals surface area contributed by atoms with Gasteiger partial charge in [0.05, 0.1) is 5.60 Å². The molecule has 0 spiro atoms. The highest BCUT2D eigenvalue weighted by molar-refractivity contribution is 5.21. The van der Waals surface area contributed by atoms with E-state index in [2.05, 4.69) is 13.8 Å². The lowest BCUT2D eigenvalue weighted by atomic mass is 9.69. The van der Waals surface area contributed by atoms with Crippen molar-refractivity contribution in [2.45, 2.75) is 51.6 Å². The molecule has 0 aromatic heterocycles. The Hall–Kier alpha value is -0.960. The van der Waals surface area contributed by atoms with Crippen molar-refractivity contribution in [1.29, 1.82) is 0 Å². The predicted molar refractivity (Wildman–Crippen MR) is 67.3 cm³/mol. The van der Waals surface area contributed by atoms with Crippen molar-refractivity contribution in [2.24, 2.45) is 5.41 Å². The third-order valence-electron chi connectivity index (χ3n) is 4.06. The fraction of sp³-hybridized carbons (Fsp3) is 0.600. The number of aliphatic hydroxyl groups is 1. The van der Waals surface area contributed by atoms with Crippen LogP contribution in [0.5, 0.6) is 0 Å². The van der Waals surface area contributed by atoms with Crippen molar-refractivity contribution in [3.05, 3.63) is 35.4 Å². The third kappa shape index (κ3) is 3.08. The minimum absolute atomic E-state index is 0.201. The molecule has 1 N–H and O–H groups in total. The van der Waals surface area contributed by atoms with Crippen LogP contribution in [-0.4, -0.2) is 10.7 Å². The zero-order chi connectivity index (χ0) is 13.4. The number of benzene rings is 1. The van der Waals surface area contributed by atoms with Gasteiger partial charge in [-0.05, 0) is 54.9 Å². The molecule has 0 aliphatic heterocycles. The minimum atomic E-state index is -0.885. The molecule has 1 aliphatic rings. The molecule has 1 fully saturated rings. The van der Waals surface area contributed by atoms with Crippen LogP contribution >= 0.6 is 0 Å². The summed E-state index contributed by atoms with van der Waals surface area (Å²) >= 11 is 0. The minimum Gasteiger partial charge on any atom is -0.390 e. The van der Waals surface area contributed by atoms with Gasteiger partial charge in [-0.15, -0.1) is 0 Å². The molecule has 0 heterocycles. The molecule has 1 aliphatic carbocycles. The summed E-state index contributed by atoms with van der Waals surface area (Å²) in [5.41, 5.74) is -0.367. The zero-order valence-corrected chi connectivity index (χ0v) is 11.0. The Morgan fingerprint density at radius 3 is 2.33 bits per heavy atom.